The minimum absolute atomic E-state index is 0.0474. The lowest BCUT2D eigenvalue weighted by atomic mass is 10.3. The van der Waals surface area contributed by atoms with Crippen LogP contribution >= 0.6 is 28.1 Å². The van der Waals surface area contributed by atoms with Crippen LogP contribution in [0, 0.1) is 10.6 Å². The number of hydrogen-bond acceptors (Lipinski definition) is 2. The second kappa shape index (κ2) is 6.05. The summed E-state index contributed by atoms with van der Waals surface area (Å²) < 4.78 is 16.2. The molecule has 20 heavy (non-hydrogen) atoms. The Labute approximate surface area is 129 Å². The van der Waals surface area contributed by atoms with Gasteiger partial charge in [-0.3, -0.25) is 4.79 Å². The Balaban J connectivity index is 2.26. The molecule has 0 radical (unpaired) electrons. The van der Waals surface area contributed by atoms with Crippen molar-refractivity contribution in [1.82, 2.24) is 14.9 Å². The van der Waals surface area contributed by atoms with Gasteiger partial charge in [0.1, 0.15) is 5.82 Å². The third-order valence-corrected chi connectivity index (χ3v) is 3.76. The fraction of sp³-hybridized carbons (Fsp3) is 0.385. The lowest BCUT2D eigenvalue weighted by molar-refractivity contribution is -0.121. The van der Waals surface area contributed by atoms with E-state index in [-0.39, 0.29) is 17.8 Å². The van der Waals surface area contributed by atoms with Gasteiger partial charge in [-0.25, -0.2) is 4.39 Å². The van der Waals surface area contributed by atoms with Crippen molar-refractivity contribution >= 4 is 45.1 Å². The Hall–Kier alpha value is -1.21. The summed E-state index contributed by atoms with van der Waals surface area (Å²) in [5.74, 6) is -0.402. The van der Waals surface area contributed by atoms with E-state index < -0.39 is 0 Å². The monoisotopic (exact) mass is 359 g/mol. The summed E-state index contributed by atoms with van der Waals surface area (Å²) in [7, 11) is 0. The number of H-pyrrole nitrogens is 1. The minimum atomic E-state index is -0.355. The summed E-state index contributed by atoms with van der Waals surface area (Å²) in [6, 6.07) is 3.16. The zero-order valence-electron chi connectivity index (χ0n) is 11.2. The average molecular weight is 360 g/mol. The highest BCUT2D eigenvalue weighted by Gasteiger charge is 2.10. The lowest BCUT2D eigenvalue weighted by Crippen LogP contribution is -2.30. The molecule has 0 bridgehead atoms. The van der Waals surface area contributed by atoms with E-state index in [0.717, 1.165) is 5.52 Å². The summed E-state index contributed by atoms with van der Waals surface area (Å²) >= 11 is 8.35. The molecule has 2 aromatic rings. The molecule has 2 N–H and O–H groups in total. The summed E-state index contributed by atoms with van der Waals surface area (Å²) in [6.07, 6.45) is 0.303. The number of imidazole rings is 1. The molecule has 1 amide bonds. The van der Waals surface area contributed by atoms with Crippen molar-refractivity contribution in [1.29, 1.82) is 0 Å². The normalized spacial score (nSPS) is 11.2. The lowest BCUT2D eigenvalue weighted by Gasteiger charge is -2.09. The van der Waals surface area contributed by atoms with Crippen molar-refractivity contribution in [2.75, 3.05) is 0 Å². The van der Waals surface area contributed by atoms with Crippen LogP contribution in [-0.4, -0.2) is 21.5 Å². The molecule has 0 aliphatic heterocycles. The van der Waals surface area contributed by atoms with Crippen molar-refractivity contribution < 1.29 is 9.18 Å². The molecule has 1 aromatic carbocycles. The number of halogens is 2. The van der Waals surface area contributed by atoms with Crippen LogP contribution in [0.1, 0.15) is 20.3 Å². The maximum atomic E-state index is 13.6. The van der Waals surface area contributed by atoms with Crippen molar-refractivity contribution in [3.63, 3.8) is 0 Å². The van der Waals surface area contributed by atoms with Gasteiger partial charge in [0, 0.05) is 25.1 Å². The Kier molecular flexibility index (Phi) is 4.59. The molecule has 0 atom stereocenters. The first-order valence-corrected chi connectivity index (χ1v) is 7.45. The van der Waals surface area contributed by atoms with E-state index in [1.807, 2.05) is 13.8 Å². The van der Waals surface area contributed by atoms with Crippen molar-refractivity contribution in [2.24, 2.45) is 0 Å². The van der Waals surface area contributed by atoms with Crippen LogP contribution in [0.15, 0.2) is 16.6 Å². The van der Waals surface area contributed by atoms with E-state index >= 15 is 0 Å². The molecule has 2 rings (SSSR count). The highest BCUT2D eigenvalue weighted by atomic mass is 79.9. The highest BCUT2D eigenvalue weighted by Crippen LogP contribution is 2.23. The number of aromatic nitrogens is 2. The molecule has 0 saturated carbocycles. The minimum Gasteiger partial charge on any atom is -0.354 e. The molecule has 0 fully saturated rings. The van der Waals surface area contributed by atoms with Gasteiger partial charge in [0.15, 0.2) is 4.77 Å². The van der Waals surface area contributed by atoms with Crippen LogP contribution in [0.3, 0.4) is 0 Å². The first-order chi connectivity index (χ1) is 9.38. The van der Waals surface area contributed by atoms with E-state index in [1.54, 1.807) is 10.6 Å². The standard InChI is InChI=1S/C13H15BrFN3OS/c1-7(2)16-12(19)3-4-18-11-6-9(15)8(14)5-10(11)17-13(18)20/h5-7H,3-4H2,1-2H3,(H,16,19)(H,17,20). The van der Waals surface area contributed by atoms with E-state index in [4.69, 9.17) is 12.2 Å². The number of fused-ring (bicyclic) bond motifs is 1. The molecule has 1 heterocycles. The van der Waals surface area contributed by atoms with Gasteiger partial charge < -0.3 is 14.9 Å². The molecule has 4 nitrogen and oxygen atoms in total. The zero-order chi connectivity index (χ0) is 14.9. The number of nitrogens with one attached hydrogen (secondary N) is 2. The average Bonchev–Trinajstić information content (AvgIpc) is 2.62. The largest absolute Gasteiger partial charge is 0.354 e. The van der Waals surface area contributed by atoms with Crippen molar-refractivity contribution in [3.8, 4) is 0 Å². The van der Waals surface area contributed by atoms with Crippen LogP contribution in [0.5, 0.6) is 0 Å². The topological polar surface area (TPSA) is 49.8 Å². The smallest absolute Gasteiger partial charge is 0.221 e. The maximum absolute atomic E-state index is 13.6. The van der Waals surface area contributed by atoms with Gasteiger partial charge in [0.05, 0.1) is 15.5 Å². The van der Waals surface area contributed by atoms with Crippen LogP contribution in [-0.2, 0) is 11.3 Å². The second-order valence-corrected chi connectivity index (χ2v) is 6.08. The third-order valence-electron chi connectivity index (χ3n) is 2.83. The highest BCUT2D eigenvalue weighted by molar-refractivity contribution is 9.10. The molecule has 108 valence electrons. The first kappa shape index (κ1) is 15.2. The Morgan fingerprint density at radius 3 is 2.90 bits per heavy atom. The predicted octanol–water partition coefficient (Wildman–Crippen LogP) is 3.52. The first-order valence-electron chi connectivity index (χ1n) is 6.25. The molecule has 7 heteroatoms. The van der Waals surface area contributed by atoms with Crippen molar-refractivity contribution in [2.45, 2.75) is 32.9 Å². The number of nitrogens with zero attached hydrogens (tertiary/aromatic N) is 1. The fourth-order valence-corrected chi connectivity index (χ4v) is 2.62. The maximum Gasteiger partial charge on any atom is 0.221 e. The Morgan fingerprint density at radius 2 is 2.25 bits per heavy atom. The van der Waals surface area contributed by atoms with Crippen LogP contribution in [0.4, 0.5) is 4.39 Å². The SMILES string of the molecule is CC(C)NC(=O)CCn1c(=S)[nH]c2cc(Br)c(F)cc21. The molecular formula is C13H15BrFN3OS. The van der Waals surface area contributed by atoms with Gasteiger partial charge in [-0.05, 0) is 48.1 Å². The number of carbonyl (C=O) groups is 1. The predicted molar refractivity (Wildman–Crippen MR) is 82.7 cm³/mol. The van der Waals surface area contributed by atoms with Gasteiger partial charge in [-0.2, -0.15) is 0 Å². The number of aryl methyl sites for hydroxylation is 1. The molecular weight excluding hydrogens is 345 g/mol. The van der Waals surface area contributed by atoms with Crippen LogP contribution in [0.25, 0.3) is 11.0 Å². The van der Waals surface area contributed by atoms with E-state index in [2.05, 4.69) is 26.2 Å². The molecule has 0 saturated heterocycles. The van der Waals surface area contributed by atoms with E-state index in [0.29, 0.717) is 27.7 Å². The van der Waals surface area contributed by atoms with Gasteiger partial charge >= 0.3 is 0 Å². The summed E-state index contributed by atoms with van der Waals surface area (Å²) in [6.45, 7) is 4.22. The number of benzene rings is 1. The number of aromatic amines is 1. The number of rotatable bonds is 4. The van der Waals surface area contributed by atoms with Gasteiger partial charge in [0.2, 0.25) is 5.91 Å². The van der Waals surface area contributed by atoms with Gasteiger partial charge in [-0.1, -0.05) is 0 Å². The number of carbonyl (C=O) groups excluding carboxylic acids is 1. The van der Waals surface area contributed by atoms with Gasteiger partial charge in [-0.15, -0.1) is 0 Å². The van der Waals surface area contributed by atoms with E-state index in [9.17, 15) is 9.18 Å². The third kappa shape index (κ3) is 3.27. The molecule has 0 spiro atoms. The summed E-state index contributed by atoms with van der Waals surface area (Å²) in [4.78, 5) is 14.7. The zero-order valence-corrected chi connectivity index (χ0v) is 13.6. The Bertz CT molecular complexity index is 707. The quantitative estimate of drug-likeness (QED) is 0.820. The number of hydrogen-bond donors (Lipinski definition) is 2. The fourth-order valence-electron chi connectivity index (χ4n) is 1.98. The Morgan fingerprint density at radius 1 is 1.55 bits per heavy atom. The molecule has 0 aliphatic rings. The van der Waals surface area contributed by atoms with Crippen molar-refractivity contribution in [3.05, 3.63) is 27.2 Å². The van der Waals surface area contributed by atoms with E-state index in [1.165, 1.54) is 6.07 Å². The molecule has 1 aromatic heterocycles. The summed E-state index contributed by atoms with van der Waals surface area (Å²) in [5, 5.41) is 2.82. The number of amides is 1. The second-order valence-electron chi connectivity index (χ2n) is 4.84. The van der Waals surface area contributed by atoms with Crippen LogP contribution in [0.2, 0.25) is 0 Å². The molecule has 0 aliphatic carbocycles. The summed E-state index contributed by atoms with van der Waals surface area (Å²) in [5.41, 5.74) is 1.40. The van der Waals surface area contributed by atoms with Crippen LogP contribution < -0.4 is 5.32 Å². The van der Waals surface area contributed by atoms with Gasteiger partial charge in [0.25, 0.3) is 0 Å². The molecule has 0 unspecified atom stereocenters.